The summed E-state index contributed by atoms with van der Waals surface area (Å²) in [6.07, 6.45) is 0.988. The van der Waals surface area contributed by atoms with Crippen LogP contribution >= 0.6 is 0 Å². The average Bonchev–Trinajstić information content (AvgIpc) is 3.93. The van der Waals surface area contributed by atoms with Crippen molar-refractivity contribution >= 4 is 49.9 Å². The smallest absolute Gasteiger partial charge is 0.140 e. The van der Waals surface area contributed by atoms with Gasteiger partial charge in [-0.15, -0.1) is 0 Å². The predicted octanol–water partition coefficient (Wildman–Crippen LogP) is 11.1. The van der Waals surface area contributed by atoms with E-state index in [1.165, 1.54) is 72.2 Å². The molecule has 0 N–H and O–H groups in total. The van der Waals surface area contributed by atoms with E-state index >= 15 is 0 Å². The Balaban J connectivity index is 1.01. The minimum absolute atomic E-state index is 0.815. The van der Waals surface area contributed by atoms with Crippen LogP contribution in [0.2, 0.25) is 0 Å². The second kappa shape index (κ2) is 11.0. The third-order valence-electron chi connectivity index (χ3n) is 11.3. The average molecular weight is 670 g/mol. The largest absolute Gasteiger partial charge is 0.355 e. The molecule has 0 unspecified atom stereocenters. The zero-order chi connectivity index (χ0) is 34.5. The molecule has 0 radical (unpaired) electrons. The van der Waals surface area contributed by atoms with Gasteiger partial charge in [-0.25, -0.2) is 4.98 Å². The fourth-order valence-corrected chi connectivity index (χ4v) is 8.75. The van der Waals surface area contributed by atoms with Gasteiger partial charge in [0.15, 0.2) is 0 Å². The molecular formula is C47H35N5. The van der Waals surface area contributed by atoms with Crippen LogP contribution in [0.15, 0.2) is 152 Å². The Morgan fingerprint density at radius 1 is 0.500 bits per heavy atom. The molecule has 52 heavy (non-hydrogen) atoms. The van der Waals surface area contributed by atoms with Gasteiger partial charge in [0, 0.05) is 41.8 Å². The van der Waals surface area contributed by atoms with Crippen molar-refractivity contribution in [3.63, 3.8) is 0 Å². The molecule has 0 saturated heterocycles. The molecule has 0 fully saturated rings. The highest BCUT2D eigenvalue weighted by Crippen LogP contribution is 2.42. The van der Waals surface area contributed by atoms with Crippen molar-refractivity contribution in [2.24, 2.45) is 7.05 Å². The molecule has 3 heterocycles. The lowest BCUT2D eigenvalue weighted by molar-refractivity contribution is 0.948. The Hall–Kier alpha value is -6.59. The Kier molecular flexibility index (Phi) is 6.14. The van der Waals surface area contributed by atoms with E-state index in [1.807, 2.05) is 0 Å². The summed E-state index contributed by atoms with van der Waals surface area (Å²) < 4.78 is 4.64. The highest BCUT2D eigenvalue weighted by molar-refractivity contribution is 6.10. The number of hydrogen-bond acceptors (Lipinski definition) is 3. The monoisotopic (exact) mass is 669 g/mol. The number of hydrogen-bond donors (Lipinski definition) is 0. The maximum Gasteiger partial charge on any atom is 0.140 e. The van der Waals surface area contributed by atoms with Crippen molar-refractivity contribution in [1.29, 1.82) is 0 Å². The van der Waals surface area contributed by atoms with Gasteiger partial charge >= 0.3 is 0 Å². The van der Waals surface area contributed by atoms with Gasteiger partial charge in [-0.1, -0.05) is 97.1 Å². The highest BCUT2D eigenvalue weighted by atomic mass is 15.4. The molecule has 0 saturated carbocycles. The summed E-state index contributed by atoms with van der Waals surface area (Å²) in [6, 6.07) is 55.5. The lowest BCUT2D eigenvalue weighted by Crippen LogP contribution is -2.24. The Labute approximate surface area is 302 Å². The first-order valence-electron chi connectivity index (χ1n) is 18.0. The first kappa shape index (κ1) is 29.2. The molecule has 0 amide bonds. The van der Waals surface area contributed by atoms with E-state index in [0.29, 0.717) is 0 Å². The van der Waals surface area contributed by atoms with E-state index in [4.69, 9.17) is 4.98 Å². The zero-order valence-electron chi connectivity index (χ0n) is 29.1. The summed E-state index contributed by atoms with van der Waals surface area (Å²) >= 11 is 0. The summed E-state index contributed by atoms with van der Waals surface area (Å²) in [5.41, 5.74) is 18.3. The lowest BCUT2D eigenvalue weighted by Gasteiger charge is -2.21. The normalized spacial score (nSPS) is 13.3. The minimum atomic E-state index is 0.815. The van der Waals surface area contributed by atoms with Crippen molar-refractivity contribution in [3.05, 3.63) is 163 Å². The standard InChI is InChI=1S/C47H35N5/c1-49-29-51(45-17-8-7-16-44(45)49)35-11-9-12-36(28-35)52-42-15-6-5-14-39(42)40-22-19-33(27-46(40)52)47-48-41-26-31(20-23-43(41)50(47)2)30-18-21-38-34(24-30)25-32-10-3-4-13-37(32)38/h3-24,26-28H,25,29H2,1-2H3. The van der Waals surface area contributed by atoms with Crippen LogP contribution in [-0.4, -0.2) is 27.8 Å². The Morgan fingerprint density at radius 3 is 2.17 bits per heavy atom. The van der Waals surface area contributed by atoms with Crippen LogP contribution < -0.4 is 9.80 Å². The van der Waals surface area contributed by atoms with Crippen molar-refractivity contribution in [2.75, 3.05) is 23.5 Å². The van der Waals surface area contributed by atoms with Gasteiger partial charge in [0.25, 0.3) is 0 Å². The quantitative estimate of drug-likeness (QED) is 0.187. The van der Waals surface area contributed by atoms with Gasteiger partial charge in [-0.3, -0.25) is 0 Å². The van der Waals surface area contributed by atoms with Gasteiger partial charge in [0.2, 0.25) is 0 Å². The Morgan fingerprint density at radius 2 is 1.23 bits per heavy atom. The van der Waals surface area contributed by atoms with Crippen LogP contribution in [0.5, 0.6) is 0 Å². The minimum Gasteiger partial charge on any atom is -0.355 e. The number of imidazole rings is 1. The molecule has 2 aliphatic rings. The number of nitrogens with zero attached hydrogens (tertiary/aromatic N) is 5. The molecule has 5 heteroatoms. The molecule has 0 spiro atoms. The molecular weight excluding hydrogens is 635 g/mol. The number of para-hydroxylation sites is 3. The van der Waals surface area contributed by atoms with Crippen LogP contribution in [0.3, 0.4) is 0 Å². The van der Waals surface area contributed by atoms with Crippen LogP contribution in [0.4, 0.5) is 17.1 Å². The van der Waals surface area contributed by atoms with Gasteiger partial charge in [0.05, 0.1) is 40.1 Å². The van der Waals surface area contributed by atoms with Crippen LogP contribution in [-0.2, 0) is 13.5 Å². The molecule has 248 valence electrons. The summed E-state index contributed by atoms with van der Waals surface area (Å²) in [7, 11) is 4.29. The Bertz CT molecular complexity index is 2910. The van der Waals surface area contributed by atoms with Crippen molar-refractivity contribution in [1.82, 2.24) is 14.1 Å². The molecule has 0 atom stereocenters. The number of anilines is 3. The first-order valence-corrected chi connectivity index (χ1v) is 18.0. The van der Waals surface area contributed by atoms with Crippen molar-refractivity contribution in [3.8, 4) is 39.3 Å². The SMILES string of the molecule is CN1CN(c2cccc(-n3c4ccccc4c4ccc(-c5nc6cc(-c7ccc8c(c7)Cc7ccccc7-8)ccc6n5C)cc43)c2)c2ccccc21. The maximum absolute atomic E-state index is 5.27. The van der Waals surface area contributed by atoms with Crippen LogP contribution in [0, 0.1) is 0 Å². The van der Waals surface area contributed by atoms with E-state index in [2.05, 4.69) is 185 Å². The first-order chi connectivity index (χ1) is 25.6. The second-order valence-electron chi connectivity index (χ2n) is 14.3. The van der Waals surface area contributed by atoms with E-state index in [1.54, 1.807) is 0 Å². The summed E-state index contributed by atoms with van der Waals surface area (Å²) in [5.74, 6) is 0.959. The fraction of sp³-hybridized carbons (Fsp3) is 0.0851. The van der Waals surface area contributed by atoms with Gasteiger partial charge in [-0.2, -0.15) is 0 Å². The third-order valence-corrected chi connectivity index (χ3v) is 11.3. The predicted molar refractivity (Wildman–Crippen MR) is 216 cm³/mol. The molecule has 11 rings (SSSR count). The van der Waals surface area contributed by atoms with Crippen LogP contribution in [0.25, 0.3) is 72.2 Å². The van der Waals surface area contributed by atoms with Gasteiger partial charge in [-0.05, 0) is 94.4 Å². The number of benzene rings is 7. The van der Waals surface area contributed by atoms with Gasteiger partial charge < -0.3 is 18.9 Å². The maximum atomic E-state index is 5.27. The molecule has 0 bridgehead atoms. The summed E-state index contributed by atoms with van der Waals surface area (Å²) in [4.78, 5) is 9.98. The van der Waals surface area contributed by atoms with Gasteiger partial charge in [0.1, 0.15) is 5.82 Å². The number of fused-ring (bicyclic) bond motifs is 8. The second-order valence-corrected chi connectivity index (χ2v) is 14.3. The summed E-state index contributed by atoms with van der Waals surface area (Å²) in [6.45, 7) is 0.815. The van der Waals surface area contributed by atoms with Crippen molar-refractivity contribution < 1.29 is 0 Å². The van der Waals surface area contributed by atoms with Crippen LogP contribution in [0.1, 0.15) is 11.1 Å². The van der Waals surface area contributed by atoms with E-state index in [-0.39, 0.29) is 0 Å². The number of rotatable bonds is 4. The molecule has 2 aromatic heterocycles. The molecule has 1 aliphatic carbocycles. The lowest BCUT2D eigenvalue weighted by atomic mass is 9.99. The van der Waals surface area contributed by atoms with E-state index < -0.39 is 0 Å². The summed E-state index contributed by atoms with van der Waals surface area (Å²) in [5, 5.41) is 2.48. The molecule has 1 aliphatic heterocycles. The highest BCUT2D eigenvalue weighted by Gasteiger charge is 2.25. The molecule has 5 nitrogen and oxygen atoms in total. The number of aryl methyl sites for hydroxylation is 1. The number of aromatic nitrogens is 3. The van der Waals surface area contributed by atoms with E-state index in [0.717, 1.165) is 41.2 Å². The van der Waals surface area contributed by atoms with Crippen molar-refractivity contribution in [2.45, 2.75) is 6.42 Å². The third kappa shape index (κ3) is 4.26. The topological polar surface area (TPSA) is 29.2 Å². The fourth-order valence-electron chi connectivity index (χ4n) is 8.75. The van der Waals surface area contributed by atoms with E-state index in [9.17, 15) is 0 Å². The molecule has 9 aromatic rings. The molecule has 7 aromatic carbocycles. The zero-order valence-corrected chi connectivity index (χ0v) is 29.1.